The summed E-state index contributed by atoms with van der Waals surface area (Å²) in [6, 6.07) is 14.0. The maximum absolute atomic E-state index is 11.1. The van der Waals surface area contributed by atoms with E-state index in [4.69, 9.17) is 0 Å². The summed E-state index contributed by atoms with van der Waals surface area (Å²) in [5.41, 5.74) is 2.62. The number of aliphatic hydroxyl groups is 1. The SMILES string of the molecule is Cn1cc(-c2ccc3cnc(NC(C)(O)c4ccc5c(cnn5C)c4)cc3c2)cn1. The van der Waals surface area contributed by atoms with Gasteiger partial charge in [0.1, 0.15) is 5.82 Å². The first-order valence-corrected chi connectivity index (χ1v) is 9.71. The maximum atomic E-state index is 11.1. The Bertz CT molecular complexity index is 1380. The quantitative estimate of drug-likeness (QED) is 0.450. The molecule has 150 valence electrons. The normalized spacial score (nSPS) is 13.6. The molecular formula is C23H22N6O. The van der Waals surface area contributed by atoms with Crippen molar-refractivity contribution in [3.05, 3.63) is 72.8 Å². The van der Waals surface area contributed by atoms with Crippen LogP contribution < -0.4 is 5.32 Å². The molecule has 3 heterocycles. The van der Waals surface area contributed by atoms with Crippen molar-refractivity contribution in [2.75, 3.05) is 5.32 Å². The fourth-order valence-electron chi connectivity index (χ4n) is 3.75. The second kappa shape index (κ2) is 6.67. The van der Waals surface area contributed by atoms with Crippen LogP contribution in [0.1, 0.15) is 12.5 Å². The molecule has 5 rings (SSSR count). The molecule has 0 bridgehead atoms. The van der Waals surface area contributed by atoms with Crippen LogP contribution in [0, 0.1) is 0 Å². The van der Waals surface area contributed by atoms with Crippen molar-refractivity contribution in [2.45, 2.75) is 12.6 Å². The van der Waals surface area contributed by atoms with E-state index in [-0.39, 0.29) is 0 Å². The zero-order valence-corrected chi connectivity index (χ0v) is 17.0. The third-order valence-corrected chi connectivity index (χ3v) is 5.44. The largest absolute Gasteiger partial charge is 0.367 e. The molecule has 7 nitrogen and oxygen atoms in total. The van der Waals surface area contributed by atoms with Gasteiger partial charge in [-0.25, -0.2) is 4.98 Å². The fraction of sp³-hybridized carbons (Fsp3) is 0.174. The van der Waals surface area contributed by atoms with E-state index in [2.05, 4.69) is 32.6 Å². The Hall–Kier alpha value is -3.71. The first kappa shape index (κ1) is 18.3. The van der Waals surface area contributed by atoms with E-state index in [0.29, 0.717) is 5.82 Å². The lowest BCUT2D eigenvalue weighted by molar-refractivity contribution is 0.0885. The predicted molar refractivity (Wildman–Crippen MR) is 118 cm³/mol. The summed E-state index contributed by atoms with van der Waals surface area (Å²) < 4.78 is 3.60. The van der Waals surface area contributed by atoms with E-state index in [1.54, 1.807) is 17.8 Å². The second-order valence-corrected chi connectivity index (χ2v) is 7.77. The highest BCUT2D eigenvalue weighted by molar-refractivity contribution is 5.88. The average Bonchev–Trinajstić information content (AvgIpc) is 3.33. The van der Waals surface area contributed by atoms with Crippen molar-refractivity contribution in [1.29, 1.82) is 0 Å². The topological polar surface area (TPSA) is 80.8 Å². The summed E-state index contributed by atoms with van der Waals surface area (Å²) >= 11 is 0. The lowest BCUT2D eigenvalue weighted by Crippen LogP contribution is -2.31. The van der Waals surface area contributed by atoms with Crippen LogP contribution in [0.25, 0.3) is 32.8 Å². The van der Waals surface area contributed by atoms with Crippen LogP contribution >= 0.6 is 0 Å². The number of nitrogens with zero attached hydrogens (tertiary/aromatic N) is 5. The van der Waals surface area contributed by atoms with Crippen molar-refractivity contribution in [1.82, 2.24) is 24.5 Å². The minimum absolute atomic E-state index is 0.599. The van der Waals surface area contributed by atoms with Crippen LogP contribution in [0.5, 0.6) is 0 Å². The van der Waals surface area contributed by atoms with E-state index in [0.717, 1.165) is 38.4 Å². The molecule has 1 unspecified atom stereocenters. The highest BCUT2D eigenvalue weighted by Crippen LogP contribution is 2.29. The molecule has 0 spiro atoms. The van der Waals surface area contributed by atoms with E-state index >= 15 is 0 Å². The molecule has 2 N–H and O–H groups in total. The van der Waals surface area contributed by atoms with Gasteiger partial charge in [-0.05, 0) is 42.1 Å². The van der Waals surface area contributed by atoms with Gasteiger partial charge in [-0.3, -0.25) is 9.36 Å². The number of hydrogen-bond acceptors (Lipinski definition) is 5. The molecule has 0 aliphatic rings. The number of fused-ring (bicyclic) bond motifs is 2. The molecule has 0 aliphatic heterocycles. The zero-order chi connectivity index (χ0) is 20.9. The summed E-state index contributed by atoms with van der Waals surface area (Å²) in [7, 11) is 3.80. The molecule has 0 fully saturated rings. The molecule has 0 amide bonds. The van der Waals surface area contributed by atoms with Crippen LogP contribution in [-0.4, -0.2) is 29.7 Å². The Balaban J connectivity index is 1.48. The Morgan fingerprint density at radius 1 is 0.867 bits per heavy atom. The lowest BCUT2D eigenvalue weighted by atomic mass is 10.0. The van der Waals surface area contributed by atoms with Gasteiger partial charge in [-0.2, -0.15) is 10.2 Å². The molecular weight excluding hydrogens is 376 g/mol. The number of aryl methyl sites for hydroxylation is 2. The molecule has 0 saturated carbocycles. The van der Waals surface area contributed by atoms with Gasteiger partial charge in [0.05, 0.1) is 17.9 Å². The van der Waals surface area contributed by atoms with Crippen LogP contribution in [0.4, 0.5) is 5.82 Å². The highest BCUT2D eigenvalue weighted by Gasteiger charge is 2.24. The smallest absolute Gasteiger partial charge is 0.160 e. The molecule has 7 heteroatoms. The number of nitrogens with one attached hydrogen (secondary N) is 1. The average molecular weight is 398 g/mol. The van der Waals surface area contributed by atoms with Gasteiger partial charge in [0, 0.05) is 48.4 Å². The molecule has 0 radical (unpaired) electrons. The van der Waals surface area contributed by atoms with E-state index in [9.17, 15) is 5.11 Å². The van der Waals surface area contributed by atoms with Gasteiger partial charge in [0.2, 0.25) is 0 Å². The number of aromatic nitrogens is 5. The van der Waals surface area contributed by atoms with Gasteiger partial charge in [-0.1, -0.05) is 18.2 Å². The summed E-state index contributed by atoms with van der Waals surface area (Å²) in [6.45, 7) is 1.72. The van der Waals surface area contributed by atoms with Crippen molar-refractivity contribution in [2.24, 2.45) is 14.1 Å². The van der Waals surface area contributed by atoms with Crippen LogP contribution in [0.3, 0.4) is 0 Å². The minimum atomic E-state index is -1.29. The minimum Gasteiger partial charge on any atom is -0.367 e. The number of benzene rings is 2. The van der Waals surface area contributed by atoms with E-state index in [1.807, 2.05) is 67.7 Å². The summed E-state index contributed by atoms with van der Waals surface area (Å²) in [5.74, 6) is 0.599. The van der Waals surface area contributed by atoms with Crippen molar-refractivity contribution >= 4 is 27.5 Å². The first-order chi connectivity index (χ1) is 14.4. The standard InChI is InChI=1S/C23H22N6O/c1-23(30,20-6-7-21-18(9-20)12-26-29(21)3)27-22-10-17-8-15(4-5-16(17)11-24-22)19-13-25-28(2)14-19/h4-14,30H,1-3H3,(H,24,27). The fourth-order valence-corrected chi connectivity index (χ4v) is 3.75. The molecule has 2 aromatic carbocycles. The van der Waals surface area contributed by atoms with Crippen molar-refractivity contribution in [3.63, 3.8) is 0 Å². The summed E-state index contributed by atoms with van der Waals surface area (Å²) in [6.07, 6.45) is 7.44. The predicted octanol–water partition coefficient (Wildman–Crippen LogP) is 3.80. The van der Waals surface area contributed by atoms with Crippen LogP contribution in [0.15, 0.2) is 67.3 Å². The Labute approximate surface area is 173 Å². The molecule has 3 aromatic heterocycles. The van der Waals surface area contributed by atoms with E-state index in [1.165, 1.54) is 0 Å². The van der Waals surface area contributed by atoms with Gasteiger partial charge in [0.25, 0.3) is 0 Å². The highest BCUT2D eigenvalue weighted by atomic mass is 16.3. The van der Waals surface area contributed by atoms with Gasteiger partial charge >= 0.3 is 0 Å². The Morgan fingerprint density at radius 2 is 1.73 bits per heavy atom. The summed E-state index contributed by atoms with van der Waals surface area (Å²) in [4.78, 5) is 4.49. The molecule has 0 saturated heterocycles. The molecule has 5 aromatic rings. The molecule has 0 aliphatic carbocycles. The number of anilines is 1. The third-order valence-electron chi connectivity index (χ3n) is 5.44. The number of hydrogen-bond donors (Lipinski definition) is 2. The maximum Gasteiger partial charge on any atom is 0.160 e. The van der Waals surface area contributed by atoms with Gasteiger partial charge < -0.3 is 10.4 Å². The van der Waals surface area contributed by atoms with Gasteiger partial charge in [-0.15, -0.1) is 0 Å². The third kappa shape index (κ3) is 3.19. The number of rotatable bonds is 4. The number of pyridine rings is 1. The first-order valence-electron chi connectivity index (χ1n) is 9.71. The Kier molecular flexibility index (Phi) is 4.08. The van der Waals surface area contributed by atoms with Crippen LogP contribution in [0.2, 0.25) is 0 Å². The monoisotopic (exact) mass is 398 g/mol. The van der Waals surface area contributed by atoms with Crippen molar-refractivity contribution in [3.8, 4) is 11.1 Å². The van der Waals surface area contributed by atoms with E-state index < -0.39 is 5.72 Å². The molecule has 30 heavy (non-hydrogen) atoms. The van der Waals surface area contributed by atoms with Crippen LogP contribution in [-0.2, 0) is 19.8 Å². The Morgan fingerprint density at radius 3 is 2.53 bits per heavy atom. The lowest BCUT2D eigenvalue weighted by Gasteiger charge is -2.26. The van der Waals surface area contributed by atoms with Crippen molar-refractivity contribution < 1.29 is 5.11 Å². The molecule has 1 atom stereocenters. The summed E-state index contributed by atoms with van der Waals surface area (Å²) in [5, 5.41) is 25.8. The second-order valence-electron chi connectivity index (χ2n) is 7.77. The zero-order valence-electron chi connectivity index (χ0n) is 17.0. The van der Waals surface area contributed by atoms with Gasteiger partial charge in [0.15, 0.2) is 5.72 Å².